The summed E-state index contributed by atoms with van der Waals surface area (Å²) in [6, 6.07) is 3.31. The Balaban J connectivity index is 2.57. The van der Waals surface area contributed by atoms with Gasteiger partial charge in [0.2, 0.25) is 0 Å². The van der Waals surface area contributed by atoms with E-state index in [2.05, 4.69) is 0 Å². The Morgan fingerprint density at radius 1 is 1.22 bits per heavy atom. The first-order valence-electron chi connectivity index (χ1n) is 6.19. The Hall–Kier alpha value is -1.71. The van der Waals surface area contributed by atoms with Gasteiger partial charge in [0, 0.05) is 5.54 Å². The normalized spacial score (nSPS) is 14.4. The molecular weight excluding hydrogens is 230 g/mol. The van der Waals surface area contributed by atoms with Crippen LogP contribution in [-0.4, -0.2) is 21.8 Å². The number of fused-ring (bicyclic) bond motifs is 1. The molecule has 1 aliphatic rings. The van der Waals surface area contributed by atoms with Crippen molar-refractivity contribution in [2.24, 2.45) is 0 Å². The number of aromatic hydroxyl groups is 1. The molecule has 4 nitrogen and oxygen atoms in total. The largest absolute Gasteiger partial charge is 0.508 e. The molecule has 2 N–H and O–H groups in total. The van der Waals surface area contributed by atoms with E-state index >= 15 is 0 Å². The van der Waals surface area contributed by atoms with Crippen LogP contribution >= 0.6 is 0 Å². The highest BCUT2D eigenvalue weighted by Crippen LogP contribution is 2.39. The SMILES string of the molecule is CC(C)(C)N(C(=O)O)c1ccc(O)c2c1CCC2. The number of amides is 1. The zero-order valence-electron chi connectivity index (χ0n) is 11.0. The predicted octanol–water partition coefficient (Wildman–Crippen LogP) is 3.16. The van der Waals surface area contributed by atoms with Crippen molar-refractivity contribution in [3.63, 3.8) is 0 Å². The van der Waals surface area contributed by atoms with Crippen LogP contribution in [0.4, 0.5) is 10.5 Å². The van der Waals surface area contributed by atoms with E-state index in [1.165, 1.54) is 4.90 Å². The van der Waals surface area contributed by atoms with Gasteiger partial charge in [-0.1, -0.05) is 0 Å². The van der Waals surface area contributed by atoms with Crippen molar-refractivity contribution in [3.05, 3.63) is 23.3 Å². The highest BCUT2D eigenvalue weighted by molar-refractivity contribution is 5.89. The van der Waals surface area contributed by atoms with Crippen LogP contribution in [0, 0.1) is 0 Å². The number of hydrogen-bond donors (Lipinski definition) is 2. The van der Waals surface area contributed by atoms with Crippen molar-refractivity contribution in [2.45, 2.75) is 45.6 Å². The predicted molar refractivity (Wildman–Crippen MR) is 70.4 cm³/mol. The molecule has 0 spiro atoms. The van der Waals surface area contributed by atoms with Crippen molar-refractivity contribution >= 4 is 11.8 Å². The summed E-state index contributed by atoms with van der Waals surface area (Å²) in [7, 11) is 0. The van der Waals surface area contributed by atoms with E-state index in [1.54, 1.807) is 12.1 Å². The van der Waals surface area contributed by atoms with E-state index in [9.17, 15) is 15.0 Å². The molecule has 0 unspecified atom stereocenters. The van der Waals surface area contributed by atoms with Crippen molar-refractivity contribution in [1.29, 1.82) is 0 Å². The number of carbonyl (C=O) groups is 1. The van der Waals surface area contributed by atoms with E-state index in [1.807, 2.05) is 20.8 Å². The van der Waals surface area contributed by atoms with Gasteiger partial charge < -0.3 is 10.2 Å². The molecule has 0 aliphatic heterocycles. The maximum absolute atomic E-state index is 11.5. The molecule has 18 heavy (non-hydrogen) atoms. The zero-order chi connectivity index (χ0) is 13.5. The van der Waals surface area contributed by atoms with Crippen LogP contribution in [0.15, 0.2) is 12.1 Å². The number of hydrogen-bond acceptors (Lipinski definition) is 2. The van der Waals surface area contributed by atoms with Crippen LogP contribution in [0.25, 0.3) is 0 Å². The minimum absolute atomic E-state index is 0.283. The molecule has 4 heteroatoms. The summed E-state index contributed by atoms with van der Waals surface area (Å²) < 4.78 is 0. The minimum Gasteiger partial charge on any atom is -0.508 e. The quantitative estimate of drug-likeness (QED) is 0.803. The number of phenols is 1. The maximum Gasteiger partial charge on any atom is 0.412 e. The number of phenolic OH excluding ortho intramolecular Hbond substituents is 1. The molecule has 98 valence electrons. The lowest BCUT2D eigenvalue weighted by atomic mass is 10.0. The fourth-order valence-corrected chi connectivity index (χ4v) is 2.63. The van der Waals surface area contributed by atoms with Gasteiger partial charge in [-0.3, -0.25) is 4.90 Å². The molecule has 0 aromatic heterocycles. The lowest BCUT2D eigenvalue weighted by Crippen LogP contribution is -2.45. The Labute approximate surface area is 107 Å². The molecule has 0 heterocycles. The number of benzene rings is 1. The molecule has 1 aromatic carbocycles. The molecule has 1 amide bonds. The van der Waals surface area contributed by atoms with Gasteiger partial charge in [-0.15, -0.1) is 0 Å². The molecule has 1 aromatic rings. The van der Waals surface area contributed by atoms with Crippen molar-refractivity contribution in [3.8, 4) is 5.75 Å². The van der Waals surface area contributed by atoms with Crippen molar-refractivity contribution in [1.82, 2.24) is 0 Å². The van der Waals surface area contributed by atoms with Gasteiger partial charge in [0.25, 0.3) is 0 Å². The third-order valence-electron chi connectivity index (χ3n) is 3.34. The average Bonchev–Trinajstić information content (AvgIpc) is 2.69. The molecule has 0 radical (unpaired) electrons. The summed E-state index contributed by atoms with van der Waals surface area (Å²) in [6.07, 6.45) is 1.67. The standard InChI is InChI=1S/C14H19NO3/c1-14(2,3)15(13(17)18)11-7-8-12(16)10-6-4-5-9(10)11/h7-8,16H,4-6H2,1-3H3,(H,17,18). The van der Waals surface area contributed by atoms with Crippen LogP contribution < -0.4 is 4.90 Å². The first-order chi connectivity index (χ1) is 8.32. The highest BCUT2D eigenvalue weighted by atomic mass is 16.4. The third kappa shape index (κ3) is 2.03. The van der Waals surface area contributed by atoms with Crippen molar-refractivity contribution in [2.75, 3.05) is 4.90 Å². The van der Waals surface area contributed by atoms with Crippen LogP contribution in [-0.2, 0) is 12.8 Å². The molecule has 0 saturated carbocycles. The van der Waals surface area contributed by atoms with Gasteiger partial charge in [-0.2, -0.15) is 0 Å². The van der Waals surface area contributed by atoms with Gasteiger partial charge in [-0.05, 0) is 63.3 Å². The van der Waals surface area contributed by atoms with Crippen LogP contribution in [0.3, 0.4) is 0 Å². The Kier molecular flexibility index (Phi) is 2.97. The van der Waals surface area contributed by atoms with Gasteiger partial charge in [0.05, 0.1) is 5.69 Å². The molecule has 0 saturated heterocycles. The van der Waals surface area contributed by atoms with Crippen molar-refractivity contribution < 1.29 is 15.0 Å². The monoisotopic (exact) mass is 249 g/mol. The smallest absolute Gasteiger partial charge is 0.412 e. The second kappa shape index (κ2) is 4.19. The second-order valence-corrected chi connectivity index (χ2v) is 5.70. The average molecular weight is 249 g/mol. The summed E-state index contributed by atoms with van der Waals surface area (Å²) in [4.78, 5) is 12.9. The van der Waals surface area contributed by atoms with E-state index in [0.717, 1.165) is 30.4 Å². The molecule has 0 fully saturated rings. The van der Waals surface area contributed by atoms with E-state index in [0.29, 0.717) is 5.69 Å². The summed E-state index contributed by atoms with van der Waals surface area (Å²) in [5.74, 6) is 0.283. The number of anilines is 1. The first-order valence-corrected chi connectivity index (χ1v) is 6.19. The Morgan fingerprint density at radius 3 is 2.39 bits per heavy atom. The summed E-state index contributed by atoms with van der Waals surface area (Å²) in [6.45, 7) is 5.61. The Morgan fingerprint density at radius 2 is 1.83 bits per heavy atom. The van der Waals surface area contributed by atoms with E-state index < -0.39 is 11.6 Å². The number of nitrogens with zero attached hydrogens (tertiary/aromatic N) is 1. The van der Waals surface area contributed by atoms with Gasteiger partial charge in [0.1, 0.15) is 5.75 Å². The molecule has 0 bridgehead atoms. The molecule has 1 aliphatic carbocycles. The second-order valence-electron chi connectivity index (χ2n) is 5.70. The van der Waals surface area contributed by atoms with Crippen LogP contribution in [0.1, 0.15) is 38.3 Å². The Bertz CT molecular complexity index is 489. The summed E-state index contributed by atoms with van der Waals surface area (Å²) >= 11 is 0. The molecule has 2 rings (SSSR count). The van der Waals surface area contributed by atoms with E-state index in [4.69, 9.17) is 0 Å². The first kappa shape index (κ1) is 12.7. The minimum atomic E-state index is -0.956. The van der Waals surface area contributed by atoms with E-state index in [-0.39, 0.29) is 5.75 Å². The highest BCUT2D eigenvalue weighted by Gasteiger charge is 2.31. The van der Waals surface area contributed by atoms with Gasteiger partial charge in [-0.25, -0.2) is 4.79 Å². The summed E-state index contributed by atoms with van der Waals surface area (Å²) in [5.41, 5.74) is 2.09. The lowest BCUT2D eigenvalue weighted by molar-refractivity contribution is 0.195. The maximum atomic E-state index is 11.5. The van der Waals surface area contributed by atoms with Gasteiger partial charge >= 0.3 is 6.09 Å². The van der Waals surface area contributed by atoms with Gasteiger partial charge in [0.15, 0.2) is 0 Å². The topological polar surface area (TPSA) is 60.8 Å². The zero-order valence-corrected chi connectivity index (χ0v) is 11.0. The van der Waals surface area contributed by atoms with Crippen LogP contribution in [0.2, 0.25) is 0 Å². The number of rotatable bonds is 1. The third-order valence-corrected chi connectivity index (χ3v) is 3.34. The van der Waals surface area contributed by atoms with Crippen LogP contribution in [0.5, 0.6) is 5.75 Å². The molecule has 0 atom stereocenters. The fourth-order valence-electron chi connectivity index (χ4n) is 2.63. The summed E-state index contributed by atoms with van der Waals surface area (Å²) in [5, 5.41) is 19.2. The fraction of sp³-hybridized carbons (Fsp3) is 0.500. The lowest BCUT2D eigenvalue weighted by Gasteiger charge is -2.34. The number of carboxylic acid groups (broad SMARTS) is 1. The molecular formula is C14H19NO3.